The van der Waals surface area contributed by atoms with Gasteiger partial charge in [0.05, 0.1) is 12.7 Å². The van der Waals surface area contributed by atoms with Crippen LogP contribution in [0.15, 0.2) is 18.2 Å². The highest BCUT2D eigenvalue weighted by Gasteiger charge is 2.29. The fraction of sp³-hybridized carbons (Fsp3) is 0.571. The van der Waals surface area contributed by atoms with Crippen molar-refractivity contribution in [2.24, 2.45) is 5.92 Å². The van der Waals surface area contributed by atoms with Gasteiger partial charge in [-0.1, -0.05) is 6.07 Å². The minimum atomic E-state index is -0.532. The van der Waals surface area contributed by atoms with E-state index in [1.165, 1.54) is 12.1 Å². The zero-order valence-corrected chi connectivity index (χ0v) is 10.7. The monoisotopic (exact) mass is 255 g/mol. The number of halogens is 2. The number of likely N-dealkylation sites (N-methyl/N-ethyl adjacent to an activating group) is 1. The Labute approximate surface area is 106 Å². The maximum atomic E-state index is 13.6. The van der Waals surface area contributed by atoms with E-state index in [-0.39, 0.29) is 12.1 Å². The SMILES string of the molecule is CNC(Cc1ccc(F)cc1F)C1COC(C)C1. The van der Waals surface area contributed by atoms with Crippen LogP contribution in [-0.2, 0) is 11.2 Å². The summed E-state index contributed by atoms with van der Waals surface area (Å²) < 4.78 is 32.0. The molecule has 1 fully saturated rings. The molecule has 100 valence electrons. The second-order valence-corrected chi connectivity index (χ2v) is 4.97. The number of ether oxygens (including phenoxy) is 1. The lowest BCUT2D eigenvalue weighted by Crippen LogP contribution is -2.36. The van der Waals surface area contributed by atoms with Gasteiger partial charge in [-0.15, -0.1) is 0 Å². The van der Waals surface area contributed by atoms with Gasteiger partial charge < -0.3 is 10.1 Å². The van der Waals surface area contributed by atoms with Crippen molar-refractivity contribution in [1.29, 1.82) is 0 Å². The Balaban J connectivity index is 2.05. The number of nitrogens with one attached hydrogen (secondary N) is 1. The second-order valence-electron chi connectivity index (χ2n) is 4.97. The summed E-state index contributed by atoms with van der Waals surface area (Å²) >= 11 is 0. The summed E-state index contributed by atoms with van der Waals surface area (Å²) in [6.45, 7) is 2.75. The summed E-state index contributed by atoms with van der Waals surface area (Å²) in [7, 11) is 1.87. The van der Waals surface area contributed by atoms with Gasteiger partial charge in [-0.3, -0.25) is 0 Å². The maximum Gasteiger partial charge on any atom is 0.129 e. The van der Waals surface area contributed by atoms with Crippen LogP contribution in [0.2, 0.25) is 0 Å². The summed E-state index contributed by atoms with van der Waals surface area (Å²) in [4.78, 5) is 0. The summed E-state index contributed by atoms with van der Waals surface area (Å²) in [5.74, 6) is -0.619. The lowest BCUT2D eigenvalue weighted by Gasteiger charge is -2.22. The Morgan fingerprint density at radius 2 is 2.22 bits per heavy atom. The predicted molar refractivity (Wildman–Crippen MR) is 66.4 cm³/mol. The smallest absolute Gasteiger partial charge is 0.129 e. The normalized spacial score (nSPS) is 25.3. The Morgan fingerprint density at radius 3 is 2.78 bits per heavy atom. The van der Waals surface area contributed by atoms with Crippen molar-refractivity contribution in [1.82, 2.24) is 5.32 Å². The van der Waals surface area contributed by atoms with Crippen molar-refractivity contribution in [2.75, 3.05) is 13.7 Å². The van der Waals surface area contributed by atoms with Crippen LogP contribution in [0.25, 0.3) is 0 Å². The standard InChI is InChI=1S/C14H19F2NO/c1-9-5-11(8-18-9)14(17-2)6-10-3-4-12(15)7-13(10)16/h3-4,7,9,11,14,17H,5-6,8H2,1-2H3. The molecule has 3 atom stereocenters. The lowest BCUT2D eigenvalue weighted by molar-refractivity contribution is 0.117. The molecular formula is C14H19F2NO. The van der Waals surface area contributed by atoms with Crippen LogP contribution in [0.1, 0.15) is 18.9 Å². The molecule has 1 aromatic carbocycles. The van der Waals surface area contributed by atoms with E-state index >= 15 is 0 Å². The van der Waals surface area contributed by atoms with Gasteiger partial charge in [0.1, 0.15) is 11.6 Å². The van der Waals surface area contributed by atoms with Crippen LogP contribution in [0.4, 0.5) is 8.78 Å². The molecule has 0 radical (unpaired) electrons. The molecule has 0 bridgehead atoms. The van der Waals surface area contributed by atoms with E-state index in [9.17, 15) is 8.78 Å². The largest absolute Gasteiger partial charge is 0.378 e. The molecule has 1 N–H and O–H groups in total. The topological polar surface area (TPSA) is 21.3 Å². The fourth-order valence-corrected chi connectivity index (χ4v) is 2.56. The molecular weight excluding hydrogens is 236 g/mol. The Hall–Kier alpha value is -1.00. The van der Waals surface area contributed by atoms with E-state index in [0.29, 0.717) is 24.5 Å². The third-order valence-corrected chi connectivity index (χ3v) is 3.62. The molecule has 18 heavy (non-hydrogen) atoms. The van der Waals surface area contributed by atoms with E-state index in [1.54, 1.807) is 0 Å². The van der Waals surface area contributed by atoms with Gasteiger partial charge >= 0.3 is 0 Å². The number of benzene rings is 1. The quantitative estimate of drug-likeness (QED) is 0.892. The average Bonchev–Trinajstić information content (AvgIpc) is 2.75. The maximum absolute atomic E-state index is 13.6. The van der Waals surface area contributed by atoms with Gasteiger partial charge in [0, 0.05) is 18.0 Å². The zero-order chi connectivity index (χ0) is 13.1. The van der Waals surface area contributed by atoms with Crippen LogP contribution in [0.3, 0.4) is 0 Å². The molecule has 0 aromatic heterocycles. The van der Waals surface area contributed by atoms with Crippen molar-refractivity contribution < 1.29 is 13.5 Å². The van der Waals surface area contributed by atoms with E-state index in [4.69, 9.17) is 4.74 Å². The molecule has 1 heterocycles. The predicted octanol–water partition coefficient (Wildman–Crippen LogP) is 2.52. The first kappa shape index (κ1) is 13.4. The molecule has 1 aromatic rings. The highest BCUT2D eigenvalue weighted by atomic mass is 19.1. The number of rotatable bonds is 4. The average molecular weight is 255 g/mol. The molecule has 2 rings (SSSR count). The van der Waals surface area contributed by atoms with Gasteiger partial charge in [-0.05, 0) is 38.4 Å². The first-order valence-electron chi connectivity index (χ1n) is 6.33. The first-order chi connectivity index (χ1) is 8.60. The van der Waals surface area contributed by atoms with Gasteiger partial charge in [0.25, 0.3) is 0 Å². The van der Waals surface area contributed by atoms with Crippen LogP contribution < -0.4 is 5.32 Å². The van der Waals surface area contributed by atoms with Crippen LogP contribution >= 0.6 is 0 Å². The van der Waals surface area contributed by atoms with Crippen molar-refractivity contribution >= 4 is 0 Å². The van der Waals surface area contributed by atoms with Gasteiger partial charge in [-0.25, -0.2) is 8.78 Å². The molecule has 0 spiro atoms. The third kappa shape index (κ3) is 3.06. The molecule has 0 aliphatic carbocycles. The molecule has 1 aliphatic rings. The van der Waals surface area contributed by atoms with Crippen molar-refractivity contribution in [2.45, 2.75) is 31.9 Å². The minimum Gasteiger partial charge on any atom is -0.378 e. The van der Waals surface area contributed by atoms with Gasteiger partial charge in [-0.2, -0.15) is 0 Å². The van der Waals surface area contributed by atoms with Crippen LogP contribution in [0, 0.1) is 17.6 Å². The second kappa shape index (κ2) is 5.76. The Morgan fingerprint density at radius 1 is 1.44 bits per heavy atom. The molecule has 4 heteroatoms. The fourth-order valence-electron chi connectivity index (χ4n) is 2.56. The number of hydrogen-bond acceptors (Lipinski definition) is 2. The number of hydrogen-bond donors (Lipinski definition) is 1. The zero-order valence-electron chi connectivity index (χ0n) is 10.7. The molecule has 2 nitrogen and oxygen atoms in total. The van der Waals surface area contributed by atoms with E-state index in [0.717, 1.165) is 12.5 Å². The summed E-state index contributed by atoms with van der Waals surface area (Å²) in [5, 5.41) is 3.21. The third-order valence-electron chi connectivity index (χ3n) is 3.62. The van der Waals surface area contributed by atoms with Crippen molar-refractivity contribution in [3.8, 4) is 0 Å². The highest BCUT2D eigenvalue weighted by Crippen LogP contribution is 2.25. The molecule has 3 unspecified atom stereocenters. The first-order valence-corrected chi connectivity index (χ1v) is 6.33. The van der Waals surface area contributed by atoms with Crippen LogP contribution in [0.5, 0.6) is 0 Å². The van der Waals surface area contributed by atoms with Gasteiger partial charge in [0.2, 0.25) is 0 Å². The summed E-state index contributed by atoms with van der Waals surface area (Å²) in [6, 6.07) is 3.93. The molecule has 1 aliphatic heterocycles. The summed E-state index contributed by atoms with van der Waals surface area (Å²) in [5.41, 5.74) is 0.551. The van der Waals surface area contributed by atoms with E-state index < -0.39 is 11.6 Å². The summed E-state index contributed by atoms with van der Waals surface area (Å²) in [6.07, 6.45) is 1.81. The minimum absolute atomic E-state index is 0.162. The Bertz CT molecular complexity index is 411. The molecule has 0 saturated carbocycles. The van der Waals surface area contributed by atoms with Crippen LogP contribution in [-0.4, -0.2) is 25.8 Å². The van der Waals surface area contributed by atoms with Crippen molar-refractivity contribution in [3.63, 3.8) is 0 Å². The molecule has 1 saturated heterocycles. The lowest BCUT2D eigenvalue weighted by atomic mass is 9.91. The Kier molecular flexibility index (Phi) is 4.30. The van der Waals surface area contributed by atoms with E-state index in [2.05, 4.69) is 5.32 Å². The van der Waals surface area contributed by atoms with Crippen molar-refractivity contribution in [3.05, 3.63) is 35.4 Å². The molecule has 0 amide bonds. The highest BCUT2D eigenvalue weighted by molar-refractivity contribution is 5.20. The van der Waals surface area contributed by atoms with Gasteiger partial charge in [0.15, 0.2) is 0 Å². The van der Waals surface area contributed by atoms with E-state index in [1.807, 2.05) is 14.0 Å².